The van der Waals surface area contributed by atoms with Gasteiger partial charge >= 0.3 is 5.97 Å². The van der Waals surface area contributed by atoms with Gasteiger partial charge in [-0.25, -0.2) is 0 Å². The van der Waals surface area contributed by atoms with Crippen molar-refractivity contribution < 1.29 is 19.4 Å². The van der Waals surface area contributed by atoms with Gasteiger partial charge in [0.05, 0.1) is 13.0 Å². The molecule has 0 bridgehead atoms. The Morgan fingerprint density at radius 1 is 1.17 bits per heavy atom. The van der Waals surface area contributed by atoms with Crippen LogP contribution in [0.3, 0.4) is 0 Å². The van der Waals surface area contributed by atoms with Crippen LogP contribution in [0.5, 0.6) is 0 Å². The van der Waals surface area contributed by atoms with E-state index in [1.165, 1.54) is 0 Å². The number of rotatable bonds is 4. The molecule has 0 aliphatic carbocycles. The highest BCUT2D eigenvalue weighted by molar-refractivity contribution is 6.31. The van der Waals surface area contributed by atoms with Crippen LogP contribution in [0, 0.1) is 5.41 Å². The highest BCUT2D eigenvalue weighted by Crippen LogP contribution is 2.40. The summed E-state index contributed by atoms with van der Waals surface area (Å²) in [6, 6.07) is 12.8. The number of halogens is 2. The van der Waals surface area contributed by atoms with Gasteiger partial charge in [0.2, 0.25) is 0 Å². The summed E-state index contributed by atoms with van der Waals surface area (Å²) in [5.74, 6) is -1.76. The van der Waals surface area contributed by atoms with Crippen LogP contribution in [0.1, 0.15) is 44.2 Å². The van der Waals surface area contributed by atoms with Crippen molar-refractivity contribution in [1.82, 2.24) is 0 Å². The van der Waals surface area contributed by atoms with Gasteiger partial charge in [-0.2, -0.15) is 0 Å². The summed E-state index contributed by atoms with van der Waals surface area (Å²) in [6.45, 7) is 6.58. The smallest absolute Gasteiger partial charge is 0.306 e. The van der Waals surface area contributed by atoms with E-state index in [2.05, 4.69) is 0 Å². The quantitative estimate of drug-likeness (QED) is 0.680. The molecule has 0 saturated carbocycles. The third kappa shape index (κ3) is 5.15. The number of nitrogens with zero attached hydrogens (tertiary/aromatic N) is 1. The maximum absolute atomic E-state index is 13.3. The van der Waals surface area contributed by atoms with Gasteiger partial charge < -0.3 is 14.7 Å². The number of carbonyl (C=O) groups excluding carboxylic acids is 1. The maximum atomic E-state index is 13.3. The lowest BCUT2D eigenvalue weighted by Crippen LogP contribution is -2.47. The summed E-state index contributed by atoms with van der Waals surface area (Å²) in [6.07, 6.45) is -1.49. The number of carbonyl (C=O) groups is 2. The van der Waals surface area contributed by atoms with Crippen LogP contribution in [0.2, 0.25) is 10.0 Å². The number of carboxylic acid groups (broad SMARTS) is 1. The van der Waals surface area contributed by atoms with Crippen molar-refractivity contribution in [2.45, 2.75) is 39.2 Å². The molecule has 2 aromatic carbocycles. The van der Waals surface area contributed by atoms with E-state index in [0.717, 1.165) is 11.1 Å². The lowest BCUT2D eigenvalue weighted by atomic mass is 9.88. The zero-order chi connectivity index (χ0) is 22.1. The van der Waals surface area contributed by atoms with Gasteiger partial charge in [0.15, 0.2) is 0 Å². The summed E-state index contributed by atoms with van der Waals surface area (Å²) in [4.78, 5) is 26.4. The largest absolute Gasteiger partial charge is 0.481 e. The Hall–Kier alpha value is -2.08. The molecule has 5 nitrogen and oxygen atoms in total. The highest BCUT2D eigenvalue weighted by atomic mass is 35.5. The van der Waals surface area contributed by atoms with E-state index in [4.69, 9.17) is 27.9 Å². The molecule has 1 aliphatic heterocycles. The number of hydrogen-bond donors (Lipinski definition) is 1. The number of ether oxygens (including phenoxy) is 1. The van der Waals surface area contributed by atoms with E-state index < -0.39 is 18.5 Å². The number of aliphatic carboxylic acids is 1. The lowest BCUT2D eigenvalue weighted by Gasteiger charge is -2.37. The van der Waals surface area contributed by atoms with Crippen LogP contribution in [0.4, 0.5) is 5.69 Å². The molecule has 2 aromatic rings. The number of benzene rings is 2. The first kappa shape index (κ1) is 22.6. The molecule has 30 heavy (non-hydrogen) atoms. The Morgan fingerprint density at radius 2 is 1.87 bits per heavy atom. The maximum Gasteiger partial charge on any atom is 0.306 e. The molecule has 3 rings (SSSR count). The molecule has 0 aromatic heterocycles. The first-order valence-corrected chi connectivity index (χ1v) is 10.5. The molecule has 1 N–H and O–H groups in total. The van der Waals surface area contributed by atoms with Gasteiger partial charge in [-0.15, -0.1) is 0 Å². The molecule has 1 amide bonds. The van der Waals surface area contributed by atoms with Crippen LogP contribution in [-0.2, 0) is 14.3 Å². The predicted octanol–water partition coefficient (Wildman–Crippen LogP) is 5.38. The monoisotopic (exact) mass is 449 g/mol. The van der Waals surface area contributed by atoms with Crippen LogP contribution < -0.4 is 4.90 Å². The van der Waals surface area contributed by atoms with E-state index in [0.29, 0.717) is 22.3 Å². The van der Waals surface area contributed by atoms with Crippen molar-refractivity contribution in [3.05, 3.63) is 63.6 Å². The Morgan fingerprint density at radius 3 is 2.50 bits per heavy atom. The molecule has 0 spiro atoms. The normalized spacial score (nSPS) is 19.8. The van der Waals surface area contributed by atoms with Gasteiger partial charge in [-0.05, 0) is 40.8 Å². The molecule has 160 valence electrons. The van der Waals surface area contributed by atoms with Crippen molar-refractivity contribution in [2.24, 2.45) is 5.41 Å². The zero-order valence-corrected chi connectivity index (χ0v) is 18.7. The van der Waals surface area contributed by atoms with Crippen LogP contribution in [0.25, 0.3) is 0 Å². The van der Waals surface area contributed by atoms with Crippen molar-refractivity contribution in [2.75, 3.05) is 18.1 Å². The first-order valence-electron chi connectivity index (χ1n) is 9.75. The van der Waals surface area contributed by atoms with Crippen LogP contribution in [0.15, 0.2) is 42.5 Å². The molecule has 0 fully saturated rings. The fraction of sp³-hybridized carbons (Fsp3) is 0.391. The number of fused-ring (bicyclic) bond motifs is 1. The second-order valence-corrected chi connectivity index (χ2v) is 9.53. The Labute approximate surface area is 186 Å². The lowest BCUT2D eigenvalue weighted by molar-refractivity contribution is -0.145. The fourth-order valence-corrected chi connectivity index (χ4v) is 4.12. The van der Waals surface area contributed by atoms with Crippen LogP contribution in [-0.4, -0.2) is 36.2 Å². The minimum Gasteiger partial charge on any atom is -0.481 e. The molecule has 2 atom stereocenters. The molecular weight excluding hydrogens is 425 g/mol. The summed E-state index contributed by atoms with van der Waals surface area (Å²) < 4.78 is 5.90. The summed E-state index contributed by atoms with van der Waals surface area (Å²) in [5, 5.41) is 10.4. The Bertz CT molecular complexity index is 954. The summed E-state index contributed by atoms with van der Waals surface area (Å²) in [5.41, 5.74) is 2.13. The molecule has 1 aliphatic rings. The SMILES string of the molecule is CC(C)(C)CN1C(=O)C(CC(=O)O)OCC(c2ccccc2Cl)c2cc(Cl)ccc21. The Kier molecular flexibility index (Phi) is 6.75. The predicted molar refractivity (Wildman–Crippen MR) is 119 cm³/mol. The number of anilines is 1. The molecule has 2 unspecified atom stereocenters. The molecule has 7 heteroatoms. The van der Waals surface area contributed by atoms with E-state index in [-0.39, 0.29) is 23.8 Å². The second-order valence-electron chi connectivity index (χ2n) is 8.68. The molecule has 0 radical (unpaired) electrons. The fourth-order valence-electron chi connectivity index (χ4n) is 3.67. The number of hydrogen-bond acceptors (Lipinski definition) is 3. The average Bonchev–Trinajstić information content (AvgIpc) is 2.65. The molecule has 1 heterocycles. The van der Waals surface area contributed by atoms with Gasteiger partial charge in [-0.1, -0.05) is 62.2 Å². The summed E-state index contributed by atoms with van der Waals surface area (Å²) in [7, 11) is 0. The summed E-state index contributed by atoms with van der Waals surface area (Å²) >= 11 is 12.8. The number of carboxylic acids is 1. The molecule has 0 saturated heterocycles. The van der Waals surface area contributed by atoms with Crippen molar-refractivity contribution in [1.29, 1.82) is 0 Å². The van der Waals surface area contributed by atoms with Gasteiger partial charge in [0.25, 0.3) is 5.91 Å². The molecular formula is C23H25Cl2NO4. The standard InChI is InChI=1S/C23H25Cl2NO4/c1-23(2,3)13-26-19-9-8-14(24)10-16(19)17(15-6-4-5-7-18(15)25)12-30-20(22(26)29)11-21(27)28/h4-10,17,20H,11-13H2,1-3H3,(H,27,28). The topological polar surface area (TPSA) is 66.8 Å². The zero-order valence-electron chi connectivity index (χ0n) is 17.2. The van der Waals surface area contributed by atoms with Gasteiger partial charge in [-0.3, -0.25) is 9.59 Å². The minimum absolute atomic E-state index is 0.115. The third-order valence-corrected chi connectivity index (χ3v) is 5.51. The van der Waals surface area contributed by atoms with Gasteiger partial charge in [0.1, 0.15) is 6.10 Å². The Balaban J connectivity index is 2.20. The van der Waals surface area contributed by atoms with E-state index >= 15 is 0 Å². The second kappa shape index (κ2) is 8.96. The average molecular weight is 450 g/mol. The third-order valence-electron chi connectivity index (χ3n) is 4.93. The first-order chi connectivity index (χ1) is 14.1. The van der Waals surface area contributed by atoms with Crippen LogP contribution >= 0.6 is 23.2 Å². The van der Waals surface area contributed by atoms with Gasteiger partial charge in [0, 0.05) is 28.2 Å². The van der Waals surface area contributed by atoms with Crippen molar-refractivity contribution in [3.8, 4) is 0 Å². The van der Waals surface area contributed by atoms with E-state index in [1.54, 1.807) is 17.0 Å². The van der Waals surface area contributed by atoms with Crippen molar-refractivity contribution >= 4 is 40.8 Å². The highest BCUT2D eigenvalue weighted by Gasteiger charge is 2.36. The van der Waals surface area contributed by atoms with E-state index in [1.807, 2.05) is 51.1 Å². The minimum atomic E-state index is -1.09. The number of amides is 1. The van der Waals surface area contributed by atoms with E-state index in [9.17, 15) is 14.7 Å². The van der Waals surface area contributed by atoms with Crippen molar-refractivity contribution in [3.63, 3.8) is 0 Å².